The minimum Gasteiger partial charge on any atom is -0.205 e. The number of aromatic nitrogens is 1. The van der Waals surface area contributed by atoms with Gasteiger partial charge in [0.2, 0.25) is 0 Å². The monoisotopic (exact) mass is 360 g/mol. The summed E-state index contributed by atoms with van der Waals surface area (Å²) in [5.74, 6) is 0. The maximum absolute atomic E-state index is 2.37. The maximum atomic E-state index is 2.37. The molecule has 26 heavy (non-hydrogen) atoms. The lowest BCUT2D eigenvalue weighted by atomic mass is 10.0. The highest BCUT2D eigenvalue weighted by Gasteiger charge is 2.02. The third-order valence-corrected chi connectivity index (χ3v) is 5.46. The van der Waals surface area contributed by atoms with Gasteiger partial charge in [-0.3, -0.25) is 0 Å². The molecule has 0 amide bonds. The first kappa shape index (κ1) is 23.2. The fraction of sp³-hybridized carbons (Fsp3) is 0.800. The summed E-state index contributed by atoms with van der Waals surface area (Å²) in [6.45, 7) is 7.86. The molecule has 1 rings (SSSR count). The summed E-state index contributed by atoms with van der Waals surface area (Å²) >= 11 is 0. The molecule has 1 heterocycles. The maximum Gasteiger partial charge on any atom is 0.171 e. The molecule has 1 heteroatoms. The first-order valence-electron chi connectivity index (χ1n) is 11.7. The van der Waals surface area contributed by atoms with Crippen molar-refractivity contribution < 1.29 is 4.57 Å². The number of nitrogens with zero attached hydrogens (tertiary/aromatic N) is 1. The van der Waals surface area contributed by atoms with Crippen LogP contribution in [0.3, 0.4) is 0 Å². The summed E-state index contributed by atoms with van der Waals surface area (Å²) in [6.07, 6.45) is 27.6. The number of unbranched alkanes of at least 4 members (excludes halogenated alkanes) is 15. The lowest BCUT2D eigenvalue weighted by Crippen LogP contribution is -2.33. The molecule has 0 fully saturated rings. The Morgan fingerprint density at radius 1 is 0.538 bits per heavy atom. The second kappa shape index (κ2) is 16.3. The summed E-state index contributed by atoms with van der Waals surface area (Å²) in [7, 11) is 0. The van der Waals surface area contributed by atoms with Crippen LogP contribution < -0.4 is 4.57 Å². The highest BCUT2D eigenvalue weighted by atomic mass is 14.9. The second-order valence-electron chi connectivity index (χ2n) is 8.43. The fourth-order valence-corrected chi connectivity index (χ4v) is 3.97. The van der Waals surface area contributed by atoms with Gasteiger partial charge in [-0.1, -0.05) is 96.8 Å². The van der Waals surface area contributed by atoms with Crippen LogP contribution in [0.25, 0.3) is 0 Å². The van der Waals surface area contributed by atoms with Crippen molar-refractivity contribution in [2.75, 3.05) is 0 Å². The van der Waals surface area contributed by atoms with E-state index < -0.39 is 0 Å². The van der Waals surface area contributed by atoms with E-state index in [0.29, 0.717) is 0 Å². The quantitative estimate of drug-likeness (QED) is 0.197. The highest BCUT2D eigenvalue weighted by Crippen LogP contribution is 2.13. The van der Waals surface area contributed by atoms with E-state index in [2.05, 4.69) is 43.8 Å². The molecule has 0 saturated heterocycles. The molecule has 0 N–H and O–H groups in total. The fourth-order valence-electron chi connectivity index (χ4n) is 3.97. The third-order valence-electron chi connectivity index (χ3n) is 5.46. The van der Waals surface area contributed by atoms with Crippen molar-refractivity contribution in [3.8, 4) is 0 Å². The van der Waals surface area contributed by atoms with E-state index in [0.717, 1.165) is 0 Å². The van der Waals surface area contributed by atoms with Crippen LogP contribution in [0.1, 0.15) is 121 Å². The molecule has 0 unspecified atom stereocenters. The second-order valence-corrected chi connectivity index (χ2v) is 8.43. The Bertz CT molecular complexity index is 418. The van der Waals surface area contributed by atoms with Crippen molar-refractivity contribution in [3.63, 3.8) is 0 Å². The van der Waals surface area contributed by atoms with E-state index in [1.807, 2.05) is 0 Å². The van der Waals surface area contributed by atoms with Crippen LogP contribution in [0.5, 0.6) is 0 Å². The molecule has 0 bridgehead atoms. The van der Waals surface area contributed by atoms with Crippen LogP contribution >= 0.6 is 0 Å². The smallest absolute Gasteiger partial charge is 0.171 e. The molecule has 0 spiro atoms. The molecule has 1 aromatic rings. The van der Waals surface area contributed by atoms with Crippen LogP contribution in [0.4, 0.5) is 0 Å². The molecule has 0 atom stereocenters. The molecule has 0 aliphatic rings. The van der Waals surface area contributed by atoms with Crippen LogP contribution in [-0.4, -0.2) is 0 Å². The average Bonchev–Trinajstić information content (AvgIpc) is 2.60. The third kappa shape index (κ3) is 13.4. The Morgan fingerprint density at radius 3 is 1.27 bits per heavy atom. The summed E-state index contributed by atoms with van der Waals surface area (Å²) in [5.41, 5.74) is 2.75. The zero-order valence-electron chi connectivity index (χ0n) is 18.2. The lowest BCUT2D eigenvalue weighted by Gasteiger charge is -2.03. The minimum absolute atomic E-state index is 1.18. The Hall–Kier alpha value is -0.850. The van der Waals surface area contributed by atoms with E-state index >= 15 is 0 Å². The van der Waals surface area contributed by atoms with Gasteiger partial charge in [0, 0.05) is 17.5 Å². The van der Waals surface area contributed by atoms with E-state index in [4.69, 9.17) is 0 Å². The van der Waals surface area contributed by atoms with Crippen LogP contribution in [0.15, 0.2) is 18.5 Å². The number of rotatable bonds is 17. The van der Waals surface area contributed by atoms with Crippen molar-refractivity contribution in [1.29, 1.82) is 0 Å². The van der Waals surface area contributed by atoms with Crippen molar-refractivity contribution in [2.45, 2.75) is 130 Å². The van der Waals surface area contributed by atoms with Crippen molar-refractivity contribution >= 4 is 0 Å². The van der Waals surface area contributed by atoms with Gasteiger partial charge in [-0.15, -0.1) is 0 Å². The van der Waals surface area contributed by atoms with Crippen LogP contribution in [0, 0.1) is 13.8 Å². The zero-order valence-corrected chi connectivity index (χ0v) is 18.2. The van der Waals surface area contributed by atoms with Crippen LogP contribution in [0.2, 0.25) is 0 Å². The zero-order chi connectivity index (χ0) is 18.9. The SMILES string of the molecule is CCCCCCCCCCCCCCCCCC[n+]1cc(C)cc(C)c1. The molecule has 0 aliphatic heterocycles. The molecule has 1 aromatic heterocycles. The summed E-state index contributed by atoms with van der Waals surface area (Å²) in [6, 6.07) is 2.25. The molecule has 0 aliphatic carbocycles. The Labute approximate surface area is 164 Å². The minimum atomic E-state index is 1.18. The average molecular weight is 361 g/mol. The van der Waals surface area contributed by atoms with E-state index in [-0.39, 0.29) is 0 Å². The predicted molar refractivity (Wildman–Crippen MR) is 116 cm³/mol. The van der Waals surface area contributed by atoms with E-state index in [1.54, 1.807) is 0 Å². The summed E-state index contributed by atoms with van der Waals surface area (Å²) < 4.78 is 2.37. The Balaban J connectivity index is 1.79. The van der Waals surface area contributed by atoms with Gasteiger partial charge in [0.15, 0.2) is 12.4 Å². The molecule has 0 aromatic carbocycles. The number of hydrogen-bond acceptors (Lipinski definition) is 0. The standard InChI is InChI=1S/C25H46N/c1-4-5-6-7-8-9-10-11-12-13-14-15-16-17-18-19-20-26-22-24(2)21-25(3)23-26/h21-23H,4-20H2,1-3H3/q+1. The molecule has 0 radical (unpaired) electrons. The lowest BCUT2D eigenvalue weighted by molar-refractivity contribution is -0.698. The van der Waals surface area contributed by atoms with E-state index in [1.165, 1.54) is 120 Å². The van der Waals surface area contributed by atoms with Crippen molar-refractivity contribution in [2.24, 2.45) is 0 Å². The molecule has 0 saturated carbocycles. The molecular formula is C25H46N+. The van der Waals surface area contributed by atoms with Gasteiger partial charge in [-0.2, -0.15) is 0 Å². The Kier molecular flexibility index (Phi) is 14.6. The van der Waals surface area contributed by atoms with Crippen LogP contribution in [-0.2, 0) is 6.54 Å². The molecular weight excluding hydrogens is 314 g/mol. The topological polar surface area (TPSA) is 3.88 Å². The van der Waals surface area contributed by atoms with Gasteiger partial charge in [0.25, 0.3) is 0 Å². The number of aryl methyl sites for hydroxylation is 3. The first-order chi connectivity index (χ1) is 12.7. The van der Waals surface area contributed by atoms with Gasteiger partial charge in [-0.05, 0) is 26.3 Å². The van der Waals surface area contributed by atoms with Gasteiger partial charge < -0.3 is 0 Å². The van der Waals surface area contributed by atoms with Crippen molar-refractivity contribution in [1.82, 2.24) is 0 Å². The Morgan fingerprint density at radius 2 is 0.885 bits per heavy atom. The molecule has 150 valence electrons. The summed E-state index contributed by atoms with van der Waals surface area (Å²) in [4.78, 5) is 0. The normalized spacial score (nSPS) is 11.2. The van der Waals surface area contributed by atoms with Gasteiger partial charge in [0.1, 0.15) is 6.54 Å². The molecule has 1 nitrogen and oxygen atoms in total. The van der Waals surface area contributed by atoms with Crippen molar-refractivity contribution in [3.05, 3.63) is 29.6 Å². The predicted octanol–water partition coefficient (Wildman–Crippen LogP) is 7.85. The number of hydrogen-bond donors (Lipinski definition) is 0. The largest absolute Gasteiger partial charge is 0.205 e. The first-order valence-corrected chi connectivity index (χ1v) is 11.7. The highest BCUT2D eigenvalue weighted by molar-refractivity contribution is 5.11. The van der Waals surface area contributed by atoms with Gasteiger partial charge in [-0.25, -0.2) is 4.57 Å². The van der Waals surface area contributed by atoms with Gasteiger partial charge >= 0.3 is 0 Å². The summed E-state index contributed by atoms with van der Waals surface area (Å²) in [5, 5.41) is 0. The number of pyridine rings is 1. The van der Waals surface area contributed by atoms with Gasteiger partial charge in [0.05, 0.1) is 0 Å². The van der Waals surface area contributed by atoms with E-state index in [9.17, 15) is 0 Å².